The van der Waals surface area contributed by atoms with Crippen LogP contribution in [-0.2, 0) is 18.8 Å². The van der Waals surface area contributed by atoms with Crippen molar-refractivity contribution in [3.8, 4) is 0 Å². The highest BCUT2D eigenvalue weighted by atomic mass is 19.4. The lowest BCUT2D eigenvalue weighted by molar-refractivity contribution is -0.141. The van der Waals surface area contributed by atoms with Gasteiger partial charge in [-0.25, -0.2) is 0 Å². The summed E-state index contributed by atoms with van der Waals surface area (Å²) in [5.74, 6) is 0. The standard InChI is InChI=1S/C20H28F6N5/c21-19(22,23)16-10-13(11-17(18(16)28)20(24,25)26)9-14(27)12-30-5-1-15(2-6-30)31-7-3-29-4-8-31/h10-11,14-15,27,29H,1-9,12,28H2/q-1/t14-/m1/s1. The maximum Gasteiger partial charge on any atom is 0.418 e. The fraction of sp³-hybridized carbons (Fsp3) is 0.700. The molecule has 0 bridgehead atoms. The van der Waals surface area contributed by atoms with Crippen LogP contribution in [0.5, 0.6) is 0 Å². The first kappa shape index (κ1) is 24.1. The quantitative estimate of drug-likeness (QED) is 0.529. The Morgan fingerprint density at radius 1 is 0.968 bits per heavy atom. The molecule has 5 nitrogen and oxygen atoms in total. The average Bonchev–Trinajstić information content (AvgIpc) is 2.68. The lowest BCUT2D eigenvalue weighted by Gasteiger charge is -2.41. The van der Waals surface area contributed by atoms with Gasteiger partial charge in [0.1, 0.15) is 0 Å². The van der Waals surface area contributed by atoms with Crippen molar-refractivity contribution in [3.63, 3.8) is 0 Å². The Morgan fingerprint density at radius 3 is 1.97 bits per heavy atom. The second-order valence-electron chi connectivity index (χ2n) is 8.32. The number of halogens is 6. The summed E-state index contributed by atoms with van der Waals surface area (Å²) in [5.41, 5.74) is 8.93. The zero-order chi connectivity index (χ0) is 22.8. The Labute approximate surface area is 177 Å². The number of hydrogen-bond donors (Lipinski definition) is 2. The van der Waals surface area contributed by atoms with Gasteiger partial charge in [0.25, 0.3) is 0 Å². The van der Waals surface area contributed by atoms with Crippen LogP contribution in [0, 0.1) is 0 Å². The first-order chi connectivity index (χ1) is 14.4. The maximum absolute atomic E-state index is 13.2. The highest BCUT2D eigenvalue weighted by Crippen LogP contribution is 2.42. The second kappa shape index (κ2) is 9.51. The van der Waals surface area contributed by atoms with Crippen molar-refractivity contribution in [3.05, 3.63) is 34.6 Å². The van der Waals surface area contributed by atoms with Crippen molar-refractivity contribution in [1.82, 2.24) is 15.1 Å². The molecule has 31 heavy (non-hydrogen) atoms. The molecule has 11 heteroatoms. The van der Waals surface area contributed by atoms with E-state index in [9.17, 15) is 26.3 Å². The van der Waals surface area contributed by atoms with Gasteiger partial charge in [0.15, 0.2) is 0 Å². The van der Waals surface area contributed by atoms with E-state index in [0.717, 1.165) is 52.1 Å². The predicted molar refractivity (Wildman–Crippen MR) is 107 cm³/mol. The van der Waals surface area contributed by atoms with Crippen molar-refractivity contribution in [2.75, 3.05) is 51.5 Å². The van der Waals surface area contributed by atoms with Crippen LogP contribution in [0.1, 0.15) is 29.5 Å². The molecule has 4 N–H and O–H groups in total. The average molecular weight is 452 g/mol. The van der Waals surface area contributed by atoms with Gasteiger partial charge in [-0.15, -0.1) is 6.04 Å². The number of nitrogens with zero attached hydrogens (tertiary/aromatic N) is 2. The molecule has 0 spiro atoms. The Hall–Kier alpha value is -1.56. The summed E-state index contributed by atoms with van der Waals surface area (Å²) in [7, 11) is 0. The van der Waals surface area contributed by atoms with Crippen LogP contribution in [0.4, 0.5) is 32.0 Å². The zero-order valence-electron chi connectivity index (χ0n) is 17.1. The highest BCUT2D eigenvalue weighted by Gasteiger charge is 2.40. The van der Waals surface area contributed by atoms with E-state index in [1.54, 1.807) is 0 Å². The lowest BCUT2D eigenvalue weighted by Crippen LogP contribution is -2.52. The predicted octanol–water partition coefficient (Wildman–Crippen LogP) is 3.64. The monoisotopic (exact) mass is 452 g/mol. The third-order valence-corrected chi connectivity index (χ3v) is 6.04. The van der Waals surface area contributed by atoms with Gasteiger partial charge < -0.3 is 21.7 Å². The number of nitrogens with two attached hydrogens (primary N) is 1. The smallest absolute Gasteiger partial charge is 0.418 e. The number of anilines is 1. The number of benzene rings is 1. The Kier molecular flexibility index (Phi) is 7.39. The summed E-state index contributed by atoms with van der Waals surface area (Å²) in [5, 5.41) is 3.32. The van der Waals surface area contributed by atoms with E-state index in [2.05, 4.69) is 15.1 Å². The molecule has 2 aliphatic rings. The van der Waals surface area contributed by atoms with Crippen molar-refractivity contribution in [1.29, 1.82) is 0 Å². The molecule has 0 aliphatic carbocycles. The van der Waals surface area contributed by atoms with Crippen LogP contribution in [0.3, 0.4) is 0 Å². The number of nitrogens with one attached hydrogen (secondary N) is 2. The zero-order valence-corrected chi connectivity index (χ0v) is 17.1. The molecule has 0 saturated carbocycles. The van der Waals surface area contributed by atoms with Gasteiger partial charge in [-0.05, 0) is 56.6 Å². The summed E-state index contributed by atoms with van der Waals surface area (Å²) < 4.78 is 79.1. The van der Waals surface area contributed by atoms with Crippen LogP contribution in [0.25, 0.3) is 5.73 Å². The van der Waals surface area contributed by atoms with E-state index < -0.39 is 35.2 Å². The van der Waals surface area contributed by atoms with Gasteiger partial charge in [0.2, 0.25) is 0 Å². The maximum atomic E-state index is 13.2. The van der Waals surface area contributed by atoms with Gasteiger partial charge in [-0.3, -0.25) is 4.90 Å². The Bertz CT molecular complexity index is 702. The van der Waals surface area contributed by atoms with E-state index in [0.29, 0.717) is 24.7 Å². The minimum Gasteiger partial charge on any atom is -0.673 e. The van der Waals surface area contributed by atoms with Crippen molar-refractivity contribution in [2.24, 2.45) is 0 Å². The molecule has 1 aromatic rings. The molecular formula is C20H28F6N5-. The number of likely N-dealkylation sites (tertiary alicyclic amines) is 1. The number of alkyl halides is 6. The van der Waals surface area contributed by atoms with E-state index in [1.165, 1.54) is 0 Å². The fourth-order valence-corrected chi connectivity index (χ4v) is 4.48. The first-order valence-electron chi connectivity index (χ1n) is 10.4. The van der Waals surface area contributed by atoms with Gasteiger partial charge in [0, 0.05) is 32.2 Å². The molecule has 1 aromatic carbocycles. The number of hydrogen-bond acceptors (Lipinski definition) is 4. The van der Waals surface area contributed by atoms with Crippen LogP contribution in [-0.4, -0.2) is 67.7 Å². The van der Waals surface area contributed by atoms with Crippen LogP contribution in [0.2, 0.25) is 0 Å². The van der Waals surface area contributed by atoms with E-state index in [1.807, 2.05) is 0 Å². The summed E-state index contributed by atoms with van der Waals surface area (Å²) in [6, 6.07) is 0.940. The molecule has 2 heterocycles. The summed E-state index contributed by atoms with van der Waals surface area (Å²) in [4.78, 5) is 4.53. The molecule has 2 saturated heterocycles. The molecule has 0 radical (unpaired) electrons. The molecular weight excluding hydrogens is 424 g/mol. The minimum absolute atomic E-state index is 0.176. The molecule has 0 amide bonds. The third kappa shape index (κ3) is 6.24. The minimum atomic E-state index is -5.00. The van der Waals surface area contributed by atoms with E-state index >= 15 is 0 Å². The largest absolute Gasteiger partial charge is 0.673 e. The number of rotatable bonds is 5. The molecule has 176 valence electrons. The molecule has 2 fully saturated rings. The Morgan fingerprint density at radius 2 is 1.48 bits per heavy atom. The van der Waals surface area contributed by atoms with Crippen LogP contribution >= 0.6 is 0 Å². The molecule has 1 atom stereocenters. The van der Waals surface area contributed by atoms with Crippen LogP contribution < -0.4 is 11.1 Å². The number of piperidine rings is 1. The topological polar surface area (TPSA) is 68.3 Å². The fourth-order valence-electron chi connectivity index (χ4n) is 4.48. The van der Waals surface area contributed by atoms with Crippen LogP contribution in [0.15, 0.2) is 12.1 Å². The summed E-state index contributed by atoms with van der Waals surface area (Å²) >= 11 is 0. The number of piperazine rings is 1. The SMILES string of the molecule is [NH-][C@H](Cc1cc(C(F)(F)F)c(N)c(C(F)(F)F)c1)CN1CCC(N2CCNCC2)CC1. The third-order valence-electron chi connectivity index (χ3n) is 6.04. The van der Waals surface area contributed by atoms with Crippen molar-refractivity contribution >= 4 is 5.69 Å². The number of nitrogen functional groups attached to an aromatic ring is 1. The van der Waals surface area contributed by atoms with Gasteiger partial charge in [0.05, 0.1) is 16.8 Å². The highest BCUT2D eigenvalue weighted by molar-refractivity contribution is 5.58. The molecule has 0 unspecified atom stereocenters. The van der Waals surface area contributed by atoms with Crippen molar-refractivity contribution in [2.45, 2.75) is 43.7 Å². The molecule has 2 aliphatic heterocycles. The Balaban J connectivity index is 1.62. The molecule has 3 rings (SSSR count). The van der Waals surface area contributed by atoms with E-state index in [-0.39, 0.29) is 12.0 Å². The van der Waals surface area contributed by atoms with E-state index in [4.69, 9.17) is 11.5 Å². The van der Waals surface area contributed by atoms with Gasteiger partial charge in [-0.1, -0.05) is 0 Å². The summed E-state index contributed by atoms with van der Waals surface area (Å²) in [6.07, 6.45) is -8.30. The summed E-state index contributed by atoms with van der Waals surface area (Å²) in [6.45, 7) is 5.80. The normalized spacial score (nSPS) is 21.4. The molecule has 0 aromatic heterocycles. The van der Waals surface area contributed by atoms with Crippen molar-refractivity contribution < 1.29 is 26.3 Å². The van der Waals surface area contributed by atoms with Gasteiger partial charge >= 0.3 is 12.4 Å². The van der Waals surface area contributed by atoms with Gasteiger partial charge in [-0.2, -0.15) is 26.3 Å². The first-order valence-corrected chi connectivity index (χ1v) is 10.4. The lowest BCUT2D eigenvalue weighted by atomic mass is 9.96. The second-order valence-corrected chi connectivity index (χ2v) is 8.32.